The molecule has 0 unspecified atom stereocenters. The van der Waals surface area contributed by atoms with Crippen LogP contribution in [0.25, 0.3) is 0 Å². The van der Waals surface area contributed by atoms with Crippen molar-refractivity contribution in [3.05, 3.63) is 23.2 Å². The van der Waals surface area contributed by atoms with Gasteiger partial charge in [0.05, 0.1) is 10.7 Å². The van der Waals surface area contributed by atoms with Crippen molar-refractivity contribution in [2.75, 3.05) is 11.1 Å². The molecule has 0 aromatic heterocycles. The molecule has 1 aromatic carbocycles. The zero-order valence-corrected chi connectivity index (χ0v) is 11.9. The van der Waals surface area contributed by atoms with Gasteiger partial charge in [-0.2, -0.15) is 0 Å². The highest BCUT2D eigenvalue weighted by molar-refractivity contribution is 6.33. The molecular formula is C15H21ClN2O. The molecule has 0 radical (unpaired) electrons. The summed E-state index contributed by atoms with van der Waals surface area (Å²) < 4.78 is 0. The molecule has 1 amide bonds. The molecule has 19 heavy (non-hydrogen) atoms. The summed E-state index contributed by atoms with van der Waals surface area (Å²) in [5.41, 5.74) is 6.92. The molecule has 0 bridgehead atoms. The zero-order chi connectivity index (χ0) is 13.7. The van der Waals surface area contributed by atoms with Crippen molar-refractivity contribution in [3.63, 3.8) is 0 Å². The van der Waals surface area contributed by atoms with E-state index in [2.05, 4.69) is 5.32 Å². The molecule has 104 valence electrons. The summed E-state index contributed by atoms with van der Waals surface area (Å²) in [6.07, 6.45) is 8.02. The lowest BCUT2D eigenvalue weighted by Gasteiger charge is -2.14. The van der Waals surface area contributed by atoms with E-state index in [1.54, 1.807) is 18.2 Å². The monoisotopic (exact) mass is 280 g/mol. The molecule has 3 N–H and O–H groups in total. The van der Waals surface area contributed by atoms with Crippen LogP contribution in [0.5, 0.6) is 0 Å². The first kappa shape index (κ1) is 14.2. The average molecular weight is 281 g/mol. The summed E-state index contributed by atoms with van der Waals surface area (Å²) in [6, 6.07) is 5.13. The Morgan fingerprint density at radius 1 is 1.26 bits per heavy atom. The minimum absolute atomic E-state index is 0.0411. The highest BCUT2D eigenvalue weighted by atomic mass is 35.5. The van der Waals surface area contributed by atoms with Crippen LogP contribution in [-0.2, 0) is 4.79 Å². The number of halogens is 1. The number of amides is 1. The molecular weight excluding hydrogens is 260 g/mol. The van der Waals surface area contributed by atoms with E-state index in [0.717, 1.165) is 12.8 Å². The predicted octanol–water partition coefficient (Wildman–Crippen LogP) is 4.22. The fourth-order valence-electron chi connectivity index (χ4n) is 2.67. The third-order valence-electron chi connectivity index (χ3n) is 3.71. The fraction of sp³-hybridized carbons (Fsp3) is 0.533. The van der Waals surface area contributed by atoms with E-state index in [0.29, 0.717) is 28.7 Å². The standard InChI is InChI=1S/C15H21ClN2O/c16-13-8-7-12(17)10-14(13)18-15(19)9-11-5-3-1-2-4-6-11/h7-8,10-11H,1-6,9,17H2,(H,18,19). The first-order valence-electron chi connectivity index (χ1n) is 7.00. The van der Waals surface area contributed by atoms with Crippen LogP contribution in [0.4, 0.5) is 11.4 Å². The van der Waals surface area contributed by atoms with Crippen LogP contribution in [0.2, 0.25) is 5.02 Å². The molecule has 0 spiro atoms. The molecule has 1 aliphatic carbocycles. The van der Waals surface area contributed by atoms with Gasteiger partial charge in [-0.3, -0.25) is 4.79 Å². The highest BCUT2D eigenvalue weighted by Crippen LogP contribution is 2.27. The van der Waals surface area contributed by atoms with Crippen LogP contribution in [0.1, 0.15) is 44.9 Å². The van der Waals surface area contributed by atoms with E-state index < -0.39 is 0 Å². The third-order valence-corrected chi connectivity index (χ3v) is 4.04. The minimum Gasteiger partial charge on any atom is -0.399 e. The number of carbonyl (C=O) groups is 1. The number of nitrogens with two attached hydrogens (primary N) is 1. The van der Waals surface area contributed by atoms with Gasteiger partial charge in [-0.25, -0.2) is 0 Å². The number of nitrogen functional groups attached to an aromatic ring is 1. The Kier molecular flexibility index (Phi) is 5.08. The molecule has 0 heterocycles. The maximum Gasteiger partial charge on any atom is 0.224 e. The van der Waals surface area contributed by atoms with Crippen molar-refractivity contribution >= 4 is 28.9 Å². The third kappa shape index (κ3) is 4.43. The van der Waals surface area contributed by atoms with Crippen LogP contribution >= 0.6 is 11.6 Å². The van der Waals surface area contributed by atoms with Gasteiger partial charge in [0.25, 0.3) is 0 Å². The lowest BCUT2D eigenvalue weighted by Crippen LogP contribution is -2.16. The van der Waals surface area contributed by atoms with Crippen molar-refractivity contribution < 1.29 is 4.79 Å². The topological polar surface area (TPSA) is 55.1 Å². The van der Waals surface area contributed by atoms with E-state index in [-0.39, 0.29) is 5.91 Å². The maximum absolute atomic E-state index is 12.0. The predicted molar refractivity (Wildman–Crippen MR) is 80.3 cm³/mol. The Balaban J connectivity index is 1.91. The van der Waals surface area contributed by atoms with Gasteiger partial charge in [0.2, 0.25) is 5.91 Å². The summed E-state index contributed by atoms with van der Waals surface area (Å²) >= 11 is 6.04. The Morgan fingerprint density at radius 3 is 2.63 bits per heavy atom. The molecule has 0 aliphatic heterocycles. The molecule has 1 aromatic rings. The first-order chi connectivity index (χ1) is 9.15. The maximum atomic E-state index is 12.0. The molecule has 1 saturated carbocycles. The van der Waals surface area contributed by atoms with Crippen molar-refractivity contribution in [2.24, 2.45) is 5.92 Å². The van der Waals surface area contributed by atoms with E-state index in [1.165, 1.54) is 25.7 Å². The molecule has 1 aliphatic rings. The van der Waals surface area contributed by atoms with Crippen LogP contribution in [0.3, 0.4) is 0 Å². The van der Waals surface area contributed by atoms with Gasteiger partial charge >= 0.3 is 0 Å². The second kappa shape index (κ2) is 6.80. The van der Waals surface area contributed by atoms with Gasteiger partial charge in [0, 0.05) is 12.1 Å². The van der Waals surface area contributed by atoms with Crippen molar-refractivity contribution in [1.82, 2.24) is 0 Å². The molecule has 4 heteroatoms. The number of carbonyl (C=O) groups excluding carboxylic acids is 1. The van der Waals surface area contributed by atoms with Crippen LogP contribution < -0.4 is 11.1 Å². The lowest BCUT2D eigenvalue weighted by atomic mass is 9.96. The van der Waals surface area contributed by atoms with Gasteiger partial charge in [-0.15, -0.1) is 0 Å². The number of anilines is 2. The molecule has 0 saturated heterocycles. The van der Waals surface area contributed by atoms with E-state index in [4.69, 9.17) is 17.3 Å². The second-order valence-corrected chi connectivity index (χ2v) is 5.76. The summed E-state index contributed by atoms with van der Waals surface area (Å²) in [5, 5.41) is 3.40. The SMILES string of the molecule is Nc1ccc(Cl)c(NC(=O)CC2CCCCCC2)c1. The summed E-state index contributed by atoms with van der Waals surface area (Å²) in [4.78, 5) is 12.0. The molecule has 2 rings (SSSR count). The van der Waals surface area contributed by atoms with Crippen LogP contribution in [0, 0.1) is 5.92 Å². The Labute approximate surface area is 119 Å². The fourth-order valence-corrected chi connectivity index (χ4v) is 2.83. The number of hydrogen-bond acceptors (Lipinski definition) is 2. The van der Waals surface area contributed by atoms with Crippen molar-refractivity contribution in [3.8, 4) is 0 Å². The van der Waals surface area contributed by atoms with E-state index in [9.17, 15) is 4.79 Å². The number of hydrogen-bond donors (Lipinski definition) is 2. The highest BCUT2D eigenvalue weighted by Gasteiger charge is 2.16. The van der Waals surface area contributed by atoms with Crippen LogP contribution in [-0.4, -0.2) is 5.91 Å². The first-order valence-corrected chi connectivity index (χ1v) is 7.38. The van der Waals surface area contributed by atoms with Crippen molar-refractivity contribution in [2.45, 2.75) is 44.9 Å². The minimum atomic E-state index is 0.0411. The number of benzene rings is 1. The second-order valence-electron chi connectivity index (χ2n) is 5.35. The van der Waals surface area contributed by atoms with Gasteiger partial charge in [0.1, 0.15) is 0 Å². The van der Waals surface area contributed by atoms with Crippen LogP contribution in [0.15, 0.2) is 18.2 Å². The number of nitrogens with one attached hydrogen (secondary N) is 1. The average Bonchev–Trinajstić information content (AvgIpc) is 2.62. The summed E-state index contributed by atoms with van der Waals surface area (Å²) in [7, 11) is 0. The molecule has 3 nitrogen and oxygen atoms in total. The lowest BCUT2D eigenvalue weighted by molar-refractivity contribution is -0.117. The zero-order valence-electron chi connectivity index (χ0n) is 11.1. The Bertz CT molecular complexity index is 440. The van der Waals surface area contributed by atoms with Gasteiger partial charge in [0.15, 0.2) is 0 Å². The van der Waals surface area contributed by atoms with Gasteiger partial charge in [-0.1, -0.05) is 37.3 Å². The van der Waals surface area contributed by atoms with Gasteiger partial charge < -0.3 is 11.1 Å². The van der Waals surface area contributed by atoms with E-state index in [1.807, 2.05) is 0 Å². The van der Waals surface area contributed by atoms with Crippen molar-refractivity contribution in [1.29, 1.82) is 0 Å². The van der Waals surface area contributed by atoms with E-state index >= 15 is 0 Å². The summed E-state index contributed by atoms with van der Waals surface area (Å²) in [6.45, 7) is 0. The molecule has 1 fully saturated rings. The quantitative estimate of drug-likeness (QED) is 0.643. The molecule has 0 atom stereocenters. The smallest absolute Gasteiger partial charge is 0.224 e. The number of rotatable bonds is 3. The largest absolute Gasteiger partial charge is 0.399 e. The Morgan fingerprint density at radius 2 is 1.95 bits per heavy atom. The summed E-state index contributed by atoms with van der Waals surface area (Å²) in [5.74, 6) is 0.557. The Hall–Kier alpha value is -1.22. The van der Waals surface area contributed by atoms with Gasteiger partial charge in [-0.05, 0) is 37.0 Å². The normalized spacial score (nSPS) is 16.9.